The molecule has 2 fully saturated rings. The maximum absolute atomic E-state index is 12.3. The van der Waals surface area contributed by atoms with Crippen LogP contribution in [0.1, 0.15) is 64.0 Å². The van der Waals surface area contributed by atoms with E-state index in [2.05, 4.69) is 18.4 Å². The van der Waals surface area contributed by atoms with Crippen LogP contribution in [0.15, 0.2) is 18.2 Å². The summed E-state index contributed by atoms with van der Waals surface area (Å²) in [6, 6.07) is 5.81. The highest BCUT2D eigenvalue weighted by molar-refractivity contribution is 5.83. The second-order valence-electron chi connectivity index (χ2n) is 10.5. The van der Waals surface area contributed by atoms with Crippen molar-refractivity contribution in [2.75, 3.05) is 20.4 Å². The van der Waals surface area contributed by atoms with Gasteiger partial charge in [0.25, 0.3) is 0 Å². The number of piperidine rings is 1. The molecule has 8 nitrogen and oxygen atoms in total. The lowest BCUT2D eigenvalue weighted by molar-refractivity contribution is -0.919. The van der Waals surface area contributed by atoms with Gasteiger partial charge in [0.05, 0.1) is 19.6 Å². The van der Waals surface area contributed by atoms with E-state index < -0.39 is 25.0 Å². The lowest BCUT2D eigenvalue weighted by Gasteiger charge is -2.56. The van der Waals surface area contributed by atoms with Crippen LogP contribution in [0.25, 0.3) is 0 Å². The fourth-order valence-corrected chi connectivity index (χ4v) is 6.46. The van der Waals surface area contributed by atoms with Gasteiger partial charge in [0.15, 0.2) is 0 Å². The number of likely N-dealkylation sites (tertiary alicyclic amines) is 1. The van der Waals surface area contributed by atoms with E-state index in [4.69, 9.17) is 14.2 Å². The summed E-state index contributed by atoms with van der Waals surface area (Å²) in [4.78, 5) is 37.4. The zero-order valence-corrected chi connectivity index (χ0v) is 20.6. The van der Waals surface area contributed by atoms with E-state index in [0.29, 0.717) is 17.7 Å². The SMILES string of the molecule is CC(=O)NC(C(=O)OCOC(=O)Oc1ccc2c(c1)[C@]13CCCC[C@@H]1C(C2)[NH+](C)CC3)C(C)C. The zero-order chi connectivity index (χ0) is 24.5. The van der Waals surface area contributed by atoms with Gasteiger partial charge in [-0.2, -0.15) is 0 Å². The Bertz CT molecular complexity index is 947. The Kier molecular flexibility index (Phi) is 7.17. The Morgan fingerprint density at radius 3 is 2.71 bits per heavy atom. The number of quaternary nitrogens is 1. The molecule has 0 aromatic heterocycles. The molecule has 34 heavy (non-hydrogen) atoms. The highest BCUT2D eigenvalue weighted by atomic mass is 16.8. The lowest BCUT2D eigenvalue weighted by atomic mass is 9.52. The van der Waals surface area contributed by atoms with Crippen molar-refractivity contribution in [2.24, 2.45) is 11.8 Å². The number of fused-ring (bicyclic) bond motifs is 1. The predicted octanol–water partition coefficient (Wildman–Crippen LogP) is 2.13. The van der Waals surface area contributed by atoms with Crippen molar-refractivity contribution in [1.29, 1.82) is 0 Å². The third-order valence-corrected chi connectivity index (χ3v) is 8.10. The van der Waals surface area contributed by atoms with E-state index in [0.717, 1.165) is 6.42 Å². The van der Waals surface area contributed by atoms with Gasteiger partial charge in [0.1, 0.15) is 11.8 Å². The summed E-state index contributed by atoms with van der Waals surface area (Å²) in [6.45, 7) is 5.51. The quantitative estimate of drug-likeness (QED) is 0.373. The van der Waals surface area contributed by atoms with Crippen LogP contribution in [0.2, 0.25) is 0 Å². The van der Waals surface area contributed by atoms with Gasteiger partial charge in [-0.15, -0.1) is 0 Å². The maximum atomic E-state index is 12.3. The van der Waals surface area contributed by atoms with Crippen molar-refractivity contribution in [3.63, 3.8) is 0 Å². The summed E-state index contributed by atoms with van der Waals surface area (Å²) in [5.74, 6) is -0.0189. The van der Waals surface area contributed by atoms with Crippen LogP contribution in [0.5, 0.6) is 5.75 Å². The number of hydrogen-bond acceptors (Lipinski definition) is 6. The topological polar surface area (TPSA) is 95.4 Å². The monoisotopic (exact) mass is 473 g/mol. The fourth-order valence-electron chi connectivity index (χ4n) is 6.46. The molecule has 8 heteroatoms. The molecule has 3 aliphatic rings. The number of nitrogens with one attached hydrogen (secondary N) is 2. The van der Waals surface area contributed by atoms with E-state index in [-0.39, 0.29) is 17.2 Å². The normalized spacial score (nSPS) is 28.2. The van der Waals surface area contributed by atoms with E-state index in [1.165, 1.54) is 56.7 Å². The summed E-state index contributed by atoms with van der Waals surface area (Å²) in [7, 11) is 2.33. The molecule has 1 saturated carbocycles. The molecule has 1 amide bonds. The number of likely N-dealkylation sites (N-methyl/N-ethyl adjacent to an activating group) is 1. The molecule has 1 heterocycles. The number of carbonyl (C=O) groups excluding carboxylic acids is 3. The molecule has 2 bridgehead atoms. The number of rotatable bonds is 6. The number of amides is 1. The second-order valence-corrected chi connectivity index (χ2v) is 10.5. The van der Waals surface area contributed by atoms with Gasteiger partial charge in [0.2, 0.25) is 12.7 Å². The molecule has 0 radical (unpaired) electrons. The van der Waals surface area contributed by atoms with Crippen molar-refractivity contribution < 1.29 is 33.5 Å². The number of carbonyl (C=O) groups is 3. The van der Waals surface area contributed by atoms with Crippen molar-refractivity contribution in [3.8, 4) is 5.75 Å². The average Bonchev–Trinajstić information content (AvgIpc) is 2.79. The van der Waals surface area contributed by atoms with Gasteiger partial charge in [-0.05, 0) is 42.0 Å². The van der Waals surface area contributed by atoms with E-state index in [9.17, 15) is 14.4 Å². The Labute approximate surface area is 201 Å². The average molecular weight is 474 g/mol. The van der Waals surface area contributed by atoms with Crippen LogP contribution in [0.3, 0.4) is 0 Å². The lowest BCUT2D eigenvalue weighted by Crippen LogP contribution is -3.16. The Hall–Kier alpha value is -2.61. The van der Waals surface area contributed by atoms with Gasteiger partial charge in [-0.1, -0.05) is 32.8 Å². The molecule has 1 aromatic rings. The van der Waals surface area contributed by atoms with Crippen LogP contribution in [-0.2, 0) is 30.9 Å². The third kappa shape index (κ3) is 4.78. The van der Waals surface area contributed by atoms with Crippen LogP contribution in [-0.4, -0.2) is 50.5 Å². The van der Waals surface area contributed by atoms with E-state index >= 15 is 0 Å². The summed E-state index contributed by atoms with van der Waals surface area (Å²) in [5.41, 5.74) is 2.90. The van der Waals surface area contributed by atoms with E-state index in [1.54, 1.807) is 18.7 Å². The van der Waals surface area contributed by atoms with Crippen LogP contribution < -0.4 is 15.0 Å². The molecule has 0 spiro atoms. The first-order valence-corrected chi connectivity index (χ1v) is 12.5. The maximum Gasteiger partial charge on any atom is 0.516 e. The number of ether oxygens (including phenoxy) is 3. The summed E-state index contributed by atoms with van der Waals surface area (Å²) >= 11 is 0. The highest BCUT2D eigenvalue weighted by Crippen LogP contribution is 2.53. The molecule has 186 valence electrons. The molecule has 2 aliphatic carbocycles. The van der Waals surface area contributed by atoms with Gasteiger partial charge < -0.3 is 24.4 Å². The molecule has 4 rings (SSSR count). The van der Waals surface area contributed by atoms with E-state index in [1.807, 2.05) is 12.1 Å². The van der Waals surface area contributed by atoms with Crippen LogP contribution in [0.4, 0.5) is 4.79 Å². The van der Waals surface area contributed by atoms with Gasteiger partial charge >= 0.3 is 12.1 Å². The predicted molar refractivity (Wildman–Crippen MR) is 124 cm³/mol. The summed E-state index contributed by atoms with van der Waals surface area (Å²) in [5, 5.41) is 2.54. The smallest absolute Gasteiger partial charge is 0.426 e. The highest BCUT2D eigenvalue weighted by Gasteiger charge is 2.55. The molecular weight excluding hydrogens is 436 g/mol. The minimum absolute atomic E-state index is 0.164. The van der Waals surface area contributed by atoms with Gasteiger partial charge in [0, 0.05) is 31.1 Å². The fraction of sp³-hybridized carbons (Fsp3) is 0.654. The van der Waals surface area contributed by atoms with Crippen molar-refractivity contribution in [1.82, 2.24) is 5.32 Å². The number of esters is 1. The molecule has 1 aliphatic heterocycles. The van der Waals surface area contributed by atoms with Crippen LogP contribution >= 0.6 is 0 Å². The Morgan fingerprint density at radius 2 is 1.97 bits per heavy atom. The van der Waals surface area contributed by atoms with Crippen LogP contribution in [0, 0.1) is 11.8 Å². The third-order valence-electron chi connectivity index (χ3n) is 8.10. The summed E-state index contributed by atoms with van der Waals surface area (Å²) in [6.07, 6.45) is 6.33. The van der Waals surface area contributed by atoms with Gasteiger partial charge in [-0.3, -0.25) is 4.79 Å². The Balaban J connectivity index is 1.39. The first-order valence-electron chi connectivity index (χ1n) is 12.5. The van der Waals surface area contributed by atoms with Gasteiger partial charge in [-0.25, -0.2) is 9.59 Å². The number of hydrogen-bond donors (Lipinski definition) is 2. The standard InChI is InChI=1S/C26H36N2O6/c1-16(2)23(27-17(3)29)24(30)32-15-33-25(31)34-19-9-8-18-13-22-20-7-5-6-10-26(20,21(18)14-19)11-12-28(22)4/h8-9,14,16,20,22-23H,5-7,10-13,15H2,1-4H3,(H,27,29)/p+1/t20-,22?,23?,26+/m1/s1. The minimum atomic E-state index is -0.924. The molecule has 5 atom stereocenters. The molecule has 2 N–H and O–H groups in total. The molecule has 1 aromatic carbocycles. The molecular formula is C26H37N2O6+. The van der Waals surface area contributed by atoms with Crippen molar-refractivity contribution in [2.45, 2.75) is 76.8 Å². The minimum Gasteiger partial charge on any atom is -0.426 e. The largest absolute Gasteiger partial charge is 0.516 e. The number of benzene rings is 1. The molecule has 1 saturated heterocycles. The Morgan fingerprint density at radius 1 is 1.18 bits per heavy atom. The molecule has 3 unspecified atom stereocenters. The second kappa shape index (κ2) is 9.94. The first kappa shape index (κ1) is 24.5. The van der Waals surface area contributed by atoms with Crippen molar-refractivity contribution in [3.05, 3.63) is 29.3 Å². The zero-order valence-electron chi connectivity index (χ0n) is 20.6. The van der Waals surface area contributed by atoms with Crippen molar-refractivity contribution >= 4 is 18.0 Å². The first-order chi connectivity index (χ1) is 16.2. The summed E-state index contributed by atoms with van der Waals surface area (Å²) < 4.78 is 15.4.